The van der Waals surface area contributed by atoms with E-state index in [-0.39, 0.29) is 23.7 Å². The minimum absolute atomic E-state index is 0.0143. The third-order valence-corrected chi connectivity index (χ3v) is 6.51. The second-order valence-corrected chi connectivity index (χ2v) is 11.7. The molecule has 0 saturated heterocycles. The number of benzene rings is 2. The molecule has 5 N–H and O–H groups in total. The van der Waals surface area contributed by atoms with E-state index in [9.17, 15) is 28.5 Å². The number of aliphatic hydroxyl groups excluding tert-OH is 1. The maximum atomic E-state index is 12.7. The summed E-state index contributed by atoms with van der Waals surface area (Å²) < 4.78 is 30.8. The van der Waals surface area contributed by atoms with Crippen LogP contribution >= 0.6 is 0 Å². The summed E-state index contributed by atoms with van der Waals surface area (Å²) in [6.45, 7) is 7.90. The van der Waals surface area contributed by atoms with Crippen LogP contribution in [-0.2, 0) is 20.4 Å². The zero-order valence-electron chi connectivity index (χ0n) is 20.5. The molecular weight excluding hydrogens is 474 g/mol. The predicted octanol–water partition coefficient (Wildman–Crippen LogP) is 3.15. The van der Waals surface area contributed by atoms with Crippen molar-refractivity contribution in [3.05, 3.63) is 47.5 Å². The topological polar surface area (TPSA) is 148 Å². The molecule has 192 valence electrons. The van der Waals surface area contributed by atoms with Crippen LogP contribution in [0.4, 0.5) is 16.2 Å². The fraction of sp³-hybridized carbons (Fsp3) is 0.458. The monoisotopic (exact) mass is 507 g/mol. The van der Waals surface area contributed by atoms with Gasteiger partial charge in [0.1, 0.15) is 17.1 Å². The lowest BCUT2D eigenvalue weighted by atomic mass is 9.93. The number of rotatable bonds is 9. The zero-order valence-corrected chi connectivity index (χ0v) is 21.3. The summed E-state index contributed by atoms with van der Waals surface area (Å²) in [6.07, 6.45) is 0.0461. The number of ether oxygens (including phenoxy) is 1. The highest BCUT2D eigenvalue weighted by Crippen LogP contribution is 2.40. The Morgan fingerprint density at radius 2 is 1.83 bits per heavy atom. The summed E-state index contributed by atoms with van der Waals surface area (Å²) in [5, 5.41) is 33.7. The number of cyclic esters (lactones) is 1. The van der Waals surface area contributed by atoms with Crippen LogP contribution in [0.25, 0.3) is 0 Å². The summed E-state index contributed by atoms with van der Waals surface area (Å²) in [6, 6.07) is 9.04. The van der Waals surface area contributed by atoms with E-state index < -0.39 is 33.4 Å². The quantitative estimate of drug-likeness (QED) is 0.325. The molecule has 0 aliphatic carbocycles. The summed E-state index contributed by atoms with van der Waals surface area (Å²) >= 11 is 0. The van der Waals surface area contributed by atoms with Crippen LogP contribution in [0, 0.1) is 0 Å². The van der Waals surface area contributed by atoms with E-state index in [0.29, 0.717) is 29.8 Å². The summed E-state index contributed by atoms with van der Waals surface area (Å²) in [5.74, 6) is -0.153. The first kappa shape index (κ1) is 26.6. The number of nitrogens with one attached hydrogen (secondary N) is 2. The van der Waals surface area contributed by atoms with Crippen LogP contribution in [0.2, 0.25) is 0 Å². The first-order chi connectivity index (χ1) is 16.1. The highest BCUT2D eigenvalue weighted by molar-refractivity contribution is 7.92. The molecule has 0 saturated carbocycles. The van der Waals surface area contributed by atoms with E-state index in [4.69, 9.17) is 4.74 Å². The van der Waals surface area contributed by atoms with Crippen LogP contribution in [0.1, 0.15) is 51.3 Å². The average molecular weight is 508 g/mol. The number of carbonyl (C=O) groups excluding carboxylic acids is 1. The van der Waals surface area contributed by atoms with Crippen LogP contribution in [-0.4, -0.2) is 54.7 Å². The van der Waals surface area contributed by atoms with Crippen LogP contribution < -0.4 is 14.9 Å². The van der Waals surface area contributed by atoms with Gasteiger partial charge < -0.3 is 25.4 Å². The van der Waals surface area contributed by atoms with Gasteiger partial charge in [-0.25, -0.2) is 13.2 Å². The maximum Gasteiger partial charge on any atom is 0.415 e. The van der Waals surface area contributed by atoms with Gasteiger partial charge in [0.15, 0.2) is 0 Å². The van der Waals surface area contributed by atoms with E-state index in [2.05, 4.69) is 10.0 Å². The SMILES string of the molecule is CC(C)(CCN1C(=O)OC(C)(C)c2cc(O)ccc21)NCC(O)c1ccc(O)c(NS(C)(=O)=O)c1. The number of phenolic OH excluding ortho intramolecular Hbond substituents is 2. The lowest BCUT2D eigenvalue weighted by Gasteiger charge is -2.39. The van der Waals surface area contributed by atoms with E-state index >= 15 is 0 Å². The minimum Gasteiger partial charge on any atom is -0.508 e. The van der Waals surface area contributed by atoms with Gasteiger partial charge in [-0.1, -0.05) is 6.07 Å². The second kappa shape index (κ2) is 9.56. The fourth-order valence-corrected chi connectivity index (χ4v) is 4.46. The molecular formula is C24H33N3O7S. The standard InChI is InChI=1S/C24H33N3O7S/c1-23(2,25-14-21(30)15-6-9-20(29)18(12-15)26-35(5,32)33)10-11-27-19-8-7-16(28)13-17(19)24(3,4)34-22(27)31/h6-9,12-13,21,25-26,28-30H,10-11,14H2,1-5H3. The maximum absolute atomic E-state index is 12.7. The van der Waals surface area contributed by atoms with Gasteiger partial charge in [-0.2, -0.15) is 0 Å². The summed E-state index contributed by atoms with van der Waals surface area (Å²) in [5.41, 5.74) is 0.441. The van der Waals surface area contributed by atoms with E-state index in [0.717, 1.165) is 6.26 Å². The Labute approximate surface area is 205 Å². The molecule has 1 unspecified atom stereocenters. The number of anilines is 2. The van der Waals surface area contributed by atoms with Gasteiger partial charge in [-0.3, -0.25) is 9.62 Å². The lowest BCUT2D eigenvalue weighted by Crippen LogP contribution is -2.48. The molecule has 0 bridgehead atoms. The van der Waals surface area contributed by atoms with Crippen LogP contribution in [0.3, 0.4) is 0 Å². The molecule has 35 heavy (non-hydrogen) atoms. The smallest absolute Gasteiger partial charge is 0.415 e. The Balaban J connectivity index is 1.66. The summed E-state index contributed by atoms with van der Waals surface area (Å²) in [7, 11) is -3.59. The van der Waals surface area contributed by atoms with Gasteiger partial charge in [0.2, 0.25) is 10.0 Å². The van der Waals surface area contributed by atoms with Crippen molar-refractivity contribution in [1.29, 1.82) is 0 Å². The number of amides is 1. The Kier molecular flexibility index (Phi) is 7.26. The first-order valence-corrected chi connectivity index (χ1v) is 13.0. The van der Waals surface area contributed by atoms with Gasteiger partial charge in [-0.15, -0.1) is 0 Å². The Bertz CT molecular complexity index is 1210. The lowest BCUT2D eigenvalue weighted by molar-refractivity contribution is 0.0345. The number of aromatic hydroxyl groups is 2. The molecule has 0 aromatic heterocycles. The largest absolute Gasteiger partial charge is 0.508 e. The second-order valence-electron chi connectivity index (χ2n) is 9.91. The Morgan fingerprint density at radius 1 is 1.14 bits per heavy atom. The molecule has 2 aromatic carbocycles. The van der Waals surface area contributed by atoms with Crippen molar-refractivity contribution in [3.8, 4) is 11.5 Å². The third-order valence-electron chi connectivity index (χ3n) is 5.92. The van der Waals surface area contributed by atoms with Crippen molar-refractivity contribution in [1.82, 2.24) is 5.32 Å². The van der Waals surface area contributed by atoms with Gasteiger partial charge in [-0.05, 0) is 70.0 Å². The Morgan fingerprint density at radius 3 is 2.49 bits per heavy atom. The molecule has 1 amide bonds. The van der Waals surface area contributed by atoms with Crippen molar-refractivity contribution >= 4 is 27.5 Å². The fourth-order valence-electron chi connectivity index (χ4n) is 3.89. The molecule has 2 aromatic rings. The predicted molar refractivity (Wildman–Crippen MR) is 133 cm³/mol. The van der Waals surface area contributed by atoms with E-state index in [1.807, 2.05) is 13.8 Å². The molecule has 1 aliphatic heterocycles. The van der Waals surface area contributed by atoms with Gasteiger partial charge in [0.25, 0.3) is 0 Å². The molecule has 3 rings (SSSR count). The number of β-amino-alcohol motifs (C(OH)–C–C–N with tert-alkyl or cyclic N) is 1. The van der Waals surface area contributed by atoms with Crippen molar-refractivity contribution < 1.29 is 33.3 Å². The summed E-state index contributed by atoms with van der Waals surface area (Å²) in [4.78, 5) is 14.2. The molecule has 0 spiro atoms. The molecule has 1 aliphatic rings. The Hall–Kier alpha value is -3.02. The van der Waals surface area contributed by atoms with E-state index in [1.165, 1.54) is 29.2 Å². The normalized spacial score (nSPS) is 16.4. The van der Waals surface area contributed by atoms with Gasteiger partial charge in [0.05, 0.1) is 23.7 Å². The highest BCUT2D eigenvalue weighted by Gasteiger charge is 2.39. The third kappa shape index (κ3) is 6.56. The number of hydrogen-bond acceptors (Lipinski definition) is 8. The van der Waals surface area contributed by atoms with Crippen molar-refractivity contribution in [2.45, 2.75) is 51.4 Å². The first-order valence-electron chi connectivity index (χ1n) is 11.2. The van der Waals surface area contributed by atoms with Crippen LogP contribution in [0.15, 0.2) is 36.4 Å². The van der Waals surface area contributed by atoms with Gasteiger partial charge >= 0.3 is 6.09 Å². The molecule has 0 radical (unpaired) electrons. The number of aliphatic hydroxyl groups is 1. The number of carbonyl (C=O) groups is 1. The van der Waals surface area contributed by atoms with Gasteiger partial charge in [0, 0.05) is 24.2 Å². The van der Waals surface area contributed by atoms with Crippen molar-refractivity contribution in [2.75, 3.05) is 29.0 Å². The molecule has 10 nitrogen and oxygen atoms in total. The van der Waals surface area contributed by atoms with E-state index in [1.54, 1.807) is 26.0 Å². The number of fused-ring (bicyclic) bond motifs is 1. The molecule has 11 heteroatoms. The number of sulfonamides is 1. The van der Waals surface area contributed by atoms with Crippen molar-refractivity contribution in [3.63, 3.8) is 0 Å². The molecule has 1 heterocycles. The molecule has 0 fully saturated rings. The number of phenols is 2. The minimum atomic E-state index is -3.59. The van der Waals surface area contributed by atoms with Crippen molar-refractivity contribution in [2.24, 2.45) is 0 Å². The average Bonchev–Trinajstić information content (AvgIpc) is 2.72. The highest BCUT2D eigenvalue weighted by atomic mass is 32.2. The molecule has 1 atom stereocenters. The number of hydrogen-bond donors (Lipinski definition) is 5. The van der Waals surface area contributed by atoms with Crippen LogP contribution in [0.5, 0.6) is 11.5 Å². The number of nitrogens with zero attached hydrogens (tertiary/aromatic N) is 1. The zero-order chi connectivity index (χ0) is 26.2.